The summed E-state index contributed by atoms with van der Waals surface area (Å²) in [4.78, 5) is 6.89. The van der Waals surface area contributed by atoms with Crippen molar-refractivity contribution in [2.75, 3.05) is 16.8 Å². The third-order valence-electron chi connectivity index (χ3n) is 3.10. The second kappa shape index (κ2) is 5.01. The Balaban J connectivity index is 2.04. The van der Waals surface area contributed by atoms with Crippen LogP contribution in [0.15, 0.2) is 12.4 Å². The van der Waals surface area contributed by atoms with Crippen LogP contribution in [0.25, 0.3) is 0 Å². The van der Waals surface area contributed by atoms with Crippen molar-refractivity contribution >= 4 is 21.9 Å². The highest BCUT2D eigenvalue weighted by Gasteiger charge is 2.26. The lowest BCUT2D eigenvalue weighted by molar-refractivity contribution is 0.590. The van der Waals surface area contributed by atoms with Gasteiger partial charge in [-0.2, -0.15) is 0 Å². The predicted octanol–water partition coefficient (Wildman–Crippen LogP) is 2.56. The van der Waals surface area contributed by atoms with Crippen LogP contribution in [0.3, 0.4) is 0 Å². The van der Waals surface area contributed by atoms with E-state index >= 15 is 0 Å². The van der Waals surface area contributed by atoms with E-state index in [0.717, 1.165) is 17.8 Å². The number of rotatable bonds is 4. The summed E-state index contributed by atoms with van der Waals surface area (Å²) in [7, 11) is 2.07. The van der Waals surface area contributed by atoms with Crippen molar-refractivity contribution in [3.8, 4) is 0 Å². The molecule has 4 heteroatoms. The van der Waals surface area contributed by atoms with E-state index in [0.29, 0.717) is 6.04 Å². The molecule has 0 spiro atoms. The molecule has 1 aromatic heterocycles. The van der Waals surface area contributed by atoms with Crippen LogP contribution in [0.2, 0.25) is 0 Å². The van der Waals surface area contributed by atoms with Crippen LogP contribution in [0, 0.1) is 0 Å². The average molecular weight is 272 g/mol. The highest BCUT2D eigenvalue weighted by Crippen LogP contribution is 2.26. The Bertz CT molecular complexity index is 311. The van der Waals surface area contributed by atoms with Gasteiger partial charge in [-0.15, -0.1) is 0 Å². The van der Waals surface area contributed by atoms with Crippen LogP contribution in [0.4, 0.5) is 5.95 Å². The summed E-state index contributed by atoms with van der Waals surface area (Å²) in [6, 6.07) is 0.698. The van der Waals surface area contributed by atoms with Crippen molar-refractivity contribution in [2.45, 2.75) is 31.7 Å². The van der Waals surface area contributed by atoms with Gasteiger partial charge in [0, 0.05) is 37.4 Å². The van der Waals surface area contributed by atoms with Gasteiger partial charge in [0.25, 0.3) is 0 Å². The van der Waals surface area contributed by atoms with E-state index < -0.39 is 0 Å². The van der Waals surface area contributed by atoms with E-state index in [1.54, 1.807) is 0 Å². The number of hydrogen-bond acceptors (Lipinski definition) is 2. The lowest BCUT2D eigenvalue weighted by Gasteiger charge is -2.25. The zero-order valence-electron chi connectivity index (χ0n) is 9.19. The first-order chi connectivity index (χ1) is 7.33. The van der Waals surface area contributed by atoms with Crippen LogP contribution >= 0.6 is 15.9 Å². The average Bonchev–Trinajstić information content (AvgIpc) is 2.82. The van der Waals surface area contributed by atoms with Crippen LogP contribution in [-0.2, 0) is 7.05 Å². The number of aromatic nitrogens is 2. The van der Waals surface area contributed by atoms with Crippen LogP contribution in [-0.4, -0.2) is 27.5 Å². The van der Waals surface area contributed by atoms with Gasteiger partial charge in [-0.1, -0.05) is 15.9 Å². The van der Waals surface area contributed by atoms with Crippen LogP contribution in [0.5, 0.6) is 0 Å². The maximum absolute atomic E-state index is 4.43. The maximum atomic E-state index is 4.43. The van der Waals surface area contributed by atoms with E-state index in [2.05, 4.69) is 37.4 Å². The van der Waals surface area contributed by atoms with Crippen LogP contribution < -0.4 is 4.90 Å². The molecule has 1 unspecified atom stereocenters. The first kappa shape index (κ1) is 11.0. The number of alkyl halides is 1. The summed E-state index contributed by atoms with van der Waals surface area (Å²) < 4.78 is 2.12. The van der Waals surface area contributed by atoms with Crippen molar-refractivity contribution in [2.24, 2.45) is 7.05 Å². The zero-order chi connectivity index (χ0) is 10.7. The SMILES string of the molecule is Cn1ccnc1N1CCCC1CCCBr. The topological polar surface area (TPSA) is 21.1 Å². The van der Waals surface area contributed by atoms with Crippen molar-refractivity contribution in [1.82, 2.24) is 9.55 Å². The molecule has 0 radical (unpaired) electrons. The smallest absolute Gasteiger partial charge is 0.205 e. The van der Waals surface area contributed by atoms with Crippen molar-refractivity contribution < 1.29 is 0 Å². The third kappa shape index (κ3) is 2.36. The molecule has 0 saturated carbocycles. The molecule has 2 rings (SSSR count). The minimum atomic E-state index is 0.698. The predicted molar refractivity (Wildman–Crippen MR) is 66.6 cm³/mol. The minimum absolute atomic E-state index is 0.698. The fourth-order valence-electron chi connectivity index (χ4n) is 2.35. The molecule has 0 bridgehead atoms. The number of anilines is 1. The van der Waals surface area contributed by atoms with E-state index in [1.807, 2.05) is 12.4 Å². The van der Waals surface area contributed by atoms with E-state index in [4.69, 9.17) is 0 Å². The zero-order valence-corrected chi connectivity index (χ0v) is 10.8. The molecule has 1 atom stereocenters. The van der Waals surface area contributed by atoms with E-state index in [1.165, 1.54) is 25.7 Å². The molecule has 1 fully saturated rings. The normalized spacial score (nSPS) is 21.2. The number of nitrogens with zero attached hydrogens (tertiary/aromatic N) is 3. The summed E-state index contributed by atoms with van der Waals surface area (Å²) in [5.74, 6) is 1.13. The monoisotopic (exact) mass is 271 g/mol. The summed E-state index contributed by atoms with van der Waals surface area (Å²) in [5, 5.41) is 1.11. The molecule has 0 aromatic carbocycles. The maximum Gasteiger partial charge on any atom is 0.205 e. The Hall–Kier alpha value is -0.510. The molecule has 84 valence electrons. The molecule has 2 heterocycles. The van der Waals surface area contributed by atoms with Gasteiger partial charge in [-0.25, -0.2) is 4.98 Å². The summed E-state index contributed by atoms with van der Waals surface area (Å²) in [5.41, 5.74) is 0. The molecule has 0 N–H and O–H groups in total. The van der Waals surface area contributed by atoms with Crippen LogP contribution in [0.1, 0.15) is 25.7 Å². The summed E-state index contributed by atoms with van der Waals surface area (Å²) in [6.45, 7) is 1.16. The fourth-order valence-corrected chi connectivity index (χ4v) is 2.67. The van der Waals surface area contributed by atoms with Crippen molar-refractivity contribution in [1.29, 1.82) is 0 Å². The van der Waals surface area contributed by atoms with Gasteiger partial charge >= 0.3 is 0 Å². The summed E-state index contributed by atoms with van der Waals surface area (Å²) in [6.07, 6.45) is 9.06. The highest BCUT2D eigenvalue weighted by molar-refractivity contribution is 9.09. The van der Waals surface area contributed by atoms with Gasteiger partial charge in [0.05, 0.1) is 0 Å². The molecule has 0 amide bonds. The molecular weight excluding hydrogens is 254 g/mol. The highest BCUT2D eigenvalue weighted by atomic mass is 79.9. The van der Waals surface area contributed by atoms with Gasteiger partial charge in [0.15, 0.2) is 0 Å². The molecule has 1 saturated heterocycles. The Morgan fingerprint density at radius 2 is 2.47 bits per heavy atom. The molecule has 3 nitrogen and oxygen atoms in total. The van der Waals surface area contributed by atoms with E-state index in [-0.39, 0.29) is 0 Å². The quantitative estimate of drug-likeness (QED) is 0.785. The Labute approximate surface area is 99.6 Å². The van der Waals surface area contributed by atoms with Gasteiger partial charge < -0.3 is 9.47 Å². The number of aryl methyl sites for hydroxylation is 1. The lowest BCUT2D eigenvalue weighted by Crippen LogP contribution is -2.31. The summed E-state index contributed by atoms with van der Waals surface area (Å²) >= 11 is 3.50. The lowest BCUT2D eigenvalue weighted by atomic mass is 10.1. The van der Waals surface area contributed by atoms with Crippen molar-refractivity contribution in [3.63, 3.8) is 0 Å². The van der Waals surface area contributed by atoms with Gasteiger partial charge in [0.1, 0.15) is 0 Å². The van der Waals surface area contributed by atoms with Gasteiger partial charge in [0.2, 0.25) is 5.95 Å². The Morgan fingerprint density at radius 3 is 3.13 bits per heavy atom. The molecule has 1 aliphatic heterocycles. The molecule has 1 aromatic rings. The largest absolute Gasteiger partial charge is 0.339 e. The second-order valence-electron chi connectivity index (χ2n) is 4.16. The first-order valence-corrected chi connectivity index (χ1v) is 6.75. The number of halogens is 1. The fraction of sp³-hybridized carbons (Fsp3) is 0.727. The molecular formula is C11H18BrN3. The molecule has 15 heavy (non-hydrogen) atoms. The number of imidazole rings is 1. The van der Waals surface area contributed by atoms with E-state index in [9.17, 15) is 0 Å². The molecule has 1 aliphatic rings. The van der Waals surface area contributed by atoms with Crippen molar-refractivity contribution in [3.05, 3.63) is 12.4 Å². The number of hydrogen-bond donors (Lipinski definition) is 0. The molecule has 0 aliphatic carbocycles. The standard InChI is InChI=1S/C11H18BrN3/c1-14-9-7-13-11(14)15-8-3-5-10(15)4-2-6-12/h7,9-10H,2-6,8H2,1H3. The Kier molecular flexibility index (Phi) is 3.67. The van der Waals surface area contributed by atoms with Gasteiger partial charge in [-0.3, -0.25) is 0 Å². The minimum Gasteiger partial charge on any atom is -0.339 e. The second-order valence-corrected chi connectivity index (χ2v) is 4.95. The Morgan fingerprint density at radius 1 is 1.60 bits per heavy atom. The third-order valence-corrected chi connectivity index (χ3v) is 3.66. The first-order valence-electron chi connectivity index (χ1n) is 5.63. The van der Waals surface area contributed by atoms with Gasteiger partial charge in [-0.05, 0) is 25.7 Å².